The van der Waals surface area contributed by atoms with Crippen molar-refractivity contribution in [1.29, 1.82) is 0 Å². The van der Waals surface area contributed by atoms with Crippen molar-refractivity contribution in [3.8, 4) is 0 Å². The normalized spacial score (nSPS) is 13.3. The van der Waals surface area contributed by atoms with Gasteiger partial charge < -0.3 is 5.11 Å². The van der Waals surface area contributed by atoms with Gasteiger partial charge in [0.15, 0.2) is 0 Å². The van der Waals surface area contributed by atoms with Crippen molar-refractivity contribution in [1.82, 2.24) is 0 Å². The molecule has 1 aromatic rings. The van der Waals surface area contributed by atoms with E-state index in [4.69, 9.17) is 5.11 Å². The van der Waals surface area contributed by atoms with E-state index in [1.54, 1.807) is 0 Å². The van der Waals surface area contributed by atoms with Gasteiger partial charge in [-0.3, -0.25) is 4.21 Å². The van der Waals surface area contributed by atoms with E-state index in [1.807, 2.05) is 0 Å². The van der Waals surface area contributed by atoms with E-state index in [9.17, 15) is 22.2 Å². The molecule has 0 saturated carbocycles. The fraction of sp³-hybridized carbons (Fsp3) is 0.364. The molecule has 100 valence electrons. The van der Waals surface area contributed by atoms with E-state index in [0.29, 0.717) is 4.90 Å². The molecule has 0 heterocycles. The van der Waals surface area contributed by atoms with Crippen LogP contribution in [0.2, 0.25) is 0 Å². The summed E-state index contributed by atoms with van der Waals surface area (Å²) in [5.41, 5.74) is 0.0473. The molecule has 0 amide bonds. The van der Waals surface area contributed by atoms with Gasteiger partial charge in [0.1, 0.15) is 0 Å². The maximum Gasteiger partial charge on any atom is 0.389 e. The van der Waals surface area contributed by atoms with Crippen molar-refractivity contribution < 1.29 is 27.3 Å². The molecule has 0 saturated heterocycles. The summed E-state index contributed by atoms with van der Waals surface area (Å²) in [6, 6.07) is 5.26. The molecule has 3 nitrogen and oxygen atoms in total. The number of carboxylic acids is 1. The van der Waals surface area contributed by atoms with Crippen molar-refractivity contribution in [2.45, 2.75) is 23.9 Å². The minimum atomic E-state index is -4.24. The van der Waals surface area contributed by atoms with E-state index >= 15 is 0 Å². The van der Waals surface area contributed by atoms with Crippen LogP contribution in [0.1, 0.15) is 23.2 Å². The van der Waals surface area contributed by atoms with Crippen LogP contribution < -0.4 is 0 Å². The van der Waals surface area contributed by atoms with Gasteiger partial charge in [-0.1, -0.05) is 0 Å². The lowest BCUT2D eigenvalue weighted by Crippen LogP contribution is -2.09. The zero-order valence-electron chi connectivity index (χ0n) is 9.24. The average molecular weight is 280 g/mol. The number of rotatable bonds is 5. The first-order chi connectivity index (χ1) is 8.29. The fourth-order valence-electron chi connectivity index (χ4n) is 1.27. The van der Waals surface area contributed by atoms with Gasteiger partial charge in [-0.15, -0.1) is 0 Å². The van der Waals surface area contributed by atoms with E-state index in [-0.39, 0.29) is 17.7 Å². The van der Waals surface area contributed by atoms with Gasteiger partial charge >= 0.3 is 12.1 Å². The number of hydrogen-bond acceptors (Lipinski definition) is 2. The van der Waals surface area contributed by atoms with Crippen LogP contribution in [-0.4, -0.2) is 27.2 Å². The molecule has 0 aliphatic rings. The van der Waals surface area contributed by atoms with Crippen LogP contribution in [0.15, 0.2) is 29.2 Å². The summed E-state index contributed by atoms with van der Waals surface area (Å²) in [4.78, 5) is 10.9. The molecule has 0 aromatic heterocycles. The van der Waals surface area contributed by atoms with E-state index in [1.165, 1.54) is 24.3 Å². The lowest BCUT2D eigenvalue weighted by Gasteiger charge is -2.06. The molecule has 0 aliphatic heterocycles. The SMILES string of the molecule is O=C(O)c1ccc(S(=O)CCCC(F)(F)F)cc1. The summed E-state index contributed by atoms with van der Waals surface area (Å²) in [5.74, 6) is -1.20. The highest BCUT2D eigenvalue weighted by Gasteiger charge is 2.26. The number of halogens is 3. The van der Waals surface area contributed by atoms with Crippen LogP contribution in [0.5, 0.6) is 0 Å². The zero-order chi connectivity index (χ0) is 13.8. The highest BCUT2D eigenvalue weighted by molar-refractivity contribution is 7.85. The summed E-state index contributed by atoms with van der Waals surface area (Å²) in [5, 5.41) is 8.64. The Hall–Kier alpha value is -1.37. The second-order valence-electron chi connectivity index (χ2n) is 3.60. The molecule has 1 rings (SSSR count). The quantitative estimate of drug-likeness (QED) is 0.902. The molecule has 7 heteroatoms. The topological polar surface area (TPSA) is 54.4 Å². The largest absolute Gasteiger partial charge is 0.478 e. The molecular formula is C11H11F3O3S. The van der Waals surface area contributed by atoms with Gasteiger partial charge in [0, 0.05) is 17.1 Å². The number of alkyl halides is 3. The number of carbonyl (C=O) groups is 1. The summed E-state index contributed by atoms with van der Waals surface area (Å²) in [7, 11) is -1.53. The Balaban J connectivity index is 2.54. The smallest absolute Gasteiger partial charge is 0.389 e. The van der Waals surface area contributed by atoms with E-state index in [2.05, 4.69) is 0 Å². The molecule has 0 radical (unpaired) electrons. The molecule has 1 N–H and O–H groups in total. The van der Waals surface area contributed by atoms with Crippen LogP contribution in [0.25, 0.3) is 0 Å². The Kier molecular flexibility index (Phi) is 4.89. The van der Waals surface area contributed by atoms with Crippen LogP contribution in [0.4, 0.5) is 13.2 Å². The van der Waals surface area contributed by atoms with Crippen LogP contribution in [-0.2, 0) is 10.8 Å². The van der Waals surface area contributed by atoms with Crippen LogP contribution >= 0.6 is 0 Å². The zero-order valence-corrected chi connectivity index (χ0v) is 10.1. The summed E-state index contributed by atoms with van der Waals surface area (Å²) in [6.07, 6.45) is -5.42. The first-order valence-corrected chi connectivity index (χ1v) is 6.40. The van der Waals surface area contributed by atoms with E-state index < -0.39 is 29.4 Å². The van der Waals surface area contributed by atoms with Crippen molar-refractivity contribution >= 4 is 16.8 Å². The average Bonchev–Trinajstić information content (AvgIpc) is 2.27. The molecule has 1 unspecified atom stereocenters. The van der Waals surface area contributed by atoms with Gasteiger partial charge in [0.05, 0.1) is 16.4 Å². The monoisotopic (exact) mass is 280 g/mol. The maximum absolute atomic E-state index is 11.9. The minimum Gasteiger partial charge on any atom is -0.478 e. The number of aromatic carboxylic acids is 1. The molecule has 0 fully saturated rings. The van der Waals surface area contributed by atoms with Crippen LogP contribution in [0, 0.1) is 0 Å². The van der Waals surface area contributed by atoms with Gasteiger partial charge in [-0.05, 0) is 30.7 Å². The highest BCUT2D eigenvalue weighted by atomic mass is 32.2. The molecule has 0 spiro atoms. The Morgan fingerprint density at radius 2 is 1.78 bits per heavy atom. The summed E-state index contributed by atoms with van der Waals surface area (Å²) >= 11 is 0. The summed E-state index contributed by atoms with van der Waals surface area (Å²) in [6.45, 7) is 0. The van der Waals surface area contributed by atoms with Crippen molar-refractivity contribution in [3.05, 3.63) is 29.8 Å². The first-order valence-electron chi connectivity index (χ1n) is 5.08. The predicted molar refractivity (Wildman–Crippen MR) is 60.0 cm³/mol. The molecule has 0 bridgehead atoms. The number of carboxylic acid groups (broad SMARTS) is 1. The first kappa shape index (κ1) is 14.7. The summed E-state index contributed by atoms with van der Waals surface area (Å²) < 4.78 is 47.3. The lowest BCUT2D eigenvalue weighted by atomic mass is 10.2. The second kappa shape index (κ2) is 5.99. The third-order valence-corrected chi connectivity index (χ3v) is 3.61. The van der Waals surface area contributed by atoms with Crippen molar-refractivity contribution in [3.63, 3.8) is 0 Å². The molecule has 0 aliphatic carbocycles. The molecule has 18 heavy (non-hydrogen) atoms. The van der Waals surface area contributed by atoms with Gasteiger partial charge in [-0.25, -0.2) is 4.79 Å². The van der Waals surface area contributed by atoms with Gasteiger partial charge in [0.2, 0.25) is 0 Å². The van der Waals surface area contributed by atoms with Crippen LogP contribution in [0.3, 0.4) is 0 Å². The maximum atomic E-state index is 11.9. The standard InChI is InChI=1S/C11H11F3O3S/c12-11(13,14)6-1-7-18(17)9-4-2-8(3-5-9)10(15)16/h2-5H,1,6-7H2,(H,15,16). The fourth-order valence-corrected chi connectivity index (χ4v) is 2.35. The molecule has 1 atom stereocenters. The Morgan fingerprint density at radius 3 is 2.22 bits per heavy atom. The number of hydrogen-bond donors (Lipinski definition) is 1. The van der Waals surface area contributed by atoms with Gasteiger partial charge in [0.25, 0.3) is 0 Å². The van der Waals surface area contributed by atoms with Gasteiger partial charge in [-0.2, -0.15) is 13.2 Å². The third-order valence-electron chi connectivity index (χ3n) is 2.15. The Bertz CT molecular complexity index is 440. The minimum absolute atomic E-state index is 0.0473. The predicted octanol–water partition coefficient (Wildman–Crippen LogP) is 2.83. The lowest BCUT2D eigenvalue weighted by molar-refractivity contribution is -0.134. The highest BCUT2D eigenvalue weighted by Crippen LogP contribution is 2.22. The van der Waals surface area contributed by atoms with E-state index in [0.717, 1.165) is 0 Å². The number of benzene rings is 1. The Morgan fingerprint density at radius 1 is 1.22 bits per heavy atom. The van der Waals surface area contributed by atoms with Crippen molar-refractivity contribution in [2.24, 2.45) is 0 Å². The Labute approximate surface area is 104 Å². The third kappa shape index (κ3) is 4.87. The molecule has 1 aromatic carbocycles. The molecular weight excluding hydrogens is 269 g/mol. The second-order valence-corrected chi connectivity index (χ2v) is 5.17. The van der Waals surface area contributed by atoms with Crippen molar-refractivity contribution in [2.75, 3.05) is 5.75 Å².